The van der Waals surface area contributed by atoms with E-state index in [0.717, 1.165) is 0 Å². The monoisotopic (exact) mass is 638 g/mol. The molecule has 5 rings (SSSR count). The van der Waals surface area contributed by atoms with Crippen LogP contribution in [0.2, 0.25) is 5.02 Å². The quantitative estimate of drug-likeness (QED) is 0.295. The lowest BCUT2D eigenvalue weighted by atomic mass is 9.75. The third-order valence-electron chi connectivity index (χ3n) is 7.03. The standard InChI is InChI=1S/C29H27ClN6O5S2/c1-39-21-10-5-4-7-15(21)25-16(13-31)27(32)36(19-8-6-9-20(37)26(19)25)28-34-35-29(43-28)42-14-24(38)33-18-11-17(30)22(40-2)12-23(18)41-3/h4-5,7,10-12,25H,6,8-9,14,32H2,1-3H3,(H,33,38). The van der Waals surface area contributed by atoms with E-state index in [1.165, 1.54) is 37.3 Å². The fourth-order valence-electron chi connectivity index (χ4n) is 5.14. The smallest absolute Gasteiger partial charge is 0.234 e. The SMILES string of the molecule is COc1cc(OC)c(NC(=O)CSc2nnc(N3C(N)=C(C#N)C(c4ccccc4OC)C4=C3CCCC4=O)s2)cc1Cl. The van der Waals surface area contributed by atoms with Gasteiger partial charge in [0.1, 0.15) is 23.1 Å². The Labute approximate surface area is 261 Å². The van der Waals surface area contributed by atoms with Crippen LogP contribution in [0.5, 0.6) is 17.2 Å². The number of para-hydroxylation sites is 1. The van der Waals surface area contributed by atoms with Crippen molar-refractivity contribution in [2.75, 3.05) is 37.3 Å². The number of ether oxygens (including phenoxy) is 3. The van der Waals surface area contributed by atoms with Crippen LogP contribution in [0.3, 0.4) is 0 Å². The first kappa shape index (κ1) is 30.2. The summed E-state index contributed by atoms with van der Waals surface area (Å²) < 4.78 is 16.6. The van der Waals surface area contributed by atoms with Crippen molar-refractivity contribution in [2.45, 2.75) is 29.5 Å². The van der Waals surface area contributed by atoms with Gasteiger partial charge in [-0.3, -0.25) is 14.5 Å². The van der Waals surface area contributed by atoms with Crippen LogP contribution in [0.1, 0.15) is 30.7 Å². The first-order valence-electron chi connectivity index (χ1n) is 13.1. The second-order valence-corrected chi connectivity index (χ2v) is 12.0. The molecular weight excluding hydrogens is 612 g/mol. The zero-order chi connectivity index (χ0) is 30.7. The lowest BCUT2D eigenvalue weighted by Gasteiger charge is -2.38. The number of rotatable bonds is 9. The van der Waals surface area contributed by atoms with Crippen molar-refractivity contribution in [3.8, 4) is 23.3 Å². The summed E-state index contributed by atoms with van der Waals surface area (Å²) in [5, 5.41) is 22.3. The normalized spacial score (nSPS) is 16.5. The van der Waals surface area contributed by atoms with Gasteiger partial charge in [0.2, 0.25) is 11.0 Å². The molecule has 0 bridgehead atoms. The van der Waals surface area contributed by atoms with Gasteiger partial charge in [0.05, 0.1) is 55.4 Å². The third-order valence-corrected chi connectivity index (χ3v) is 9.36. The maximum absolute atomic E-state index is 13.4. The molecule has 0 fully saturated rings. The number of nitriles is 1. The number of Topliss-reactive ketones (excluding diaryl/α,β-unsaturated/α-hetero) is 1. The van der Waals surface area contributed by atoms with Crippen LogP contribution in [-0.4, -0.2) is 49.0 Å². The van der Waals surface area contributed by atoms with E-state index >= 15 is 0 Å². The molecule has 0 saturated carbocycles. The fourth-order valence-corrected chi connectivity index (χ4v) is 7.06. The number of amides is 1. The van der Waals surface area contributed by atoms with Gasteiger partial charge < -0.3 is 25.3 Å². The highest BCUT2D eigenvalue weighted by molar-refractivity contribution is 8.01. The number of halogens is 1. The Bertz CT molecular complexity index is 1700. The average molecular weight is 639 g/mol. The molecule has 0 spiro atoms. The number of carbonyl (C=O) groups excluding carboxylic acids is 2. The van der Waals surface area contributed by atoms with E-state index in [0.29, 0.717) is 73.5 Å². The maximum atomic E-state index is 13.4. The predicted octanol–water partition coefficient (Wildman–Crippen LogP) is 5.25. The molecule has 1 unspecified atom stereocenters. The molecule has 0 saturated heterocycles. The summed E-state index contributed by atoms with van der Waals surface area (Å²) in [5.74, 6) is 0.573. The number of nitrogens with zero attached hydrogens (tertiary/aromatic N) is 4. The Kier molecular flexibility index (Phi) is 9.10. The topological polar surface area (TPSA) is 153 Å². The zero-order valence-corrected chi connectivity index (χ0v) is 25.9. The Hall–Kier alpha value is -4.25. The Morgan fingerprint density at radius 1 is 1.16 bits per heavy atom. The number of thioether (sulfide) groups is 1. The molecule has 2 aromatic carbocycles. The molecule has 11 nitrogen and oxygen atoms in total. The first-order valence-corrected chi connectivity index (χ1v) is 15.3. The number of aromatic nitrogens is 2. The van der Waals surface area contributed by atoms with E-state index < -0.39 is 5.92 Å². The lowest BCUT2D eigenvalue weighted by Crippen LogP contribution is -2.38. The van der Waals surface area contributed by atoms with Gasteiger partial charge in [0.25, 0.3) is 0 Å². The molecule has 1 aliphatic heterocycles. The van der Waals surface area contributed by atoms with Gasteiger partial charge >= 0.3 is 0 Å². The number of nitrogens with one attached hydrogen (secondary N) is 1. The number of nitrogens with two attached hydrogens (primary N) is 1. The predicted molar refractivity (Wildman–Crippen MR) is 165 cm³/mol. The summed E-state index contributed by atoms with van der Waals surface area (Å²) in [6, 6.07) is 12.7. The summed E-state index contributed by atoms with van der Waals surface area (Å²) in [7, 11) is 4.52. The molecule has 1 atom stereocenters. The first-order chi connectivity index (χ1) is 20.8. The summed E-state index contributed by atoms with van der Waals surface area (Å²) >= 11 is 8.61. The molecule has 43 heavy (non-hydrogen) atoms. The van der Waals surface area contributed by atoms with Crippen molar-refractivity contribution in [3.05, 3.63) is 69.6 Å². The van der Waals surface area contributed by atoms with Gasteiger partial charge in [-0.05, 0) is 25.0 Å². The molecule has 1 aliphatic carbocycles. The van der Waals surface area contributed by atoms with E-state index in [1.807, 2.05) is 18.2 Å². The molecule has 1 aromatic heterocycles. The summed E-state index contributed by atoms with van der Waals surface area (Å²) in [6.07, 6.45) is 1.58. The Morgan fingerprint density at radius 3 is 2.63 bits per heavy atom. The van der Waals surface area contributed by atoms with Crippen LogP contribution in [-0.2, 0) is 9.59 Å². The summed E-state index contributed by atoms with van der Waals surface area (Å²) in [5.41, 5.74) is 9.18. The number of hydrogen-bond donors (Lipinski definition) is 2. The maximum Gasteiger partial charge on any atom is 0.234 e. The van der Waals surface area contributed by atoms with Crippen molar-refractivity contribution in [1.29, 1.82) is 5.26 Å². The van der Waals surface area contributed by atoms with Gasteiger partial charge in [-0.1, -0.05) is 52.9 Å². The van der Waals surface area contributed by atoms with Crippen molar-refractivity contribution in [2.24, 2.45) is 5.73 Å². The van der Waals surface area contributed by atoms with Crippen LogP contribution in [0, 0.1) is 11.3 Å². The highest BCUT2D eigenvalue weighted by atomic mass is 35.5. The summed E-state index contributed by atoms with van der Waals surface area (Å²) in [4.78, 5) is 27.8. The Morgan fingerprint density at radius 2 is 1.91 bits per heavy atom. The largest absolute Gasteiger partial charge is 0.496 e. The van der Waals surface area contributed by atoms with Gasteiger partial charge in [0, 0.05) is 29.3 Å². The molecule has 1 amide bonds. The zero-order valence-electron chi connectivity index (χ0n) is 23.5. The molecule has 3 aromatic rings. The molecular formula is C29H27ClN6O5S2. The highest BCUT2D eigenvalue weighted by Crippen LogP contribution is 2.48. The molecule has 3 N–H and O–H groups in total. The van der Waals surface area contributed by atoms with Crippen LogP contribution in [0.4, 0.5) is 10.8 Å². The fraction of sp³-hybridized carbons (Fsp3) is 0.276. The van der Waals surface area contributed by atoms with Crippen molar-refractivity contribution in [1.82, 2.24) is 10.2 Å². The minimum Gasteiger partial charge on any atom is -0.496 e. The highest BCUT2D eigenvalue weighted by Gasteiger charge is 2.42. The number of benzene rings is 2. The van der Waals surface area contributed by atoms with Crippen LogP contribution < -0.4 is 30.2 Å². The van der Waals surface area contributed by atoms with Crippen molar-refractivity contribution in [3.63, 3.8) is 0 Å². The molecule has 222 valence electrons. The minimum atomic E-state index is -0.658. The molecule has 0 radical (unpaired) electrons. The van der Waals surface area contributed by atoms with E-state index in [2.05, 4.69) is 21.6 Å². The van der Waals surface area contributed by atoms with Crippen LogP contribution in [0.15, 0.2) is 63.4 Å². The minimum absolute atomic E-state index is 0.0263. The Balaban J connectivity index is 1.40. The second-order valence-electron chi connectivity index (χ2n) is 9.43. The van der Waals surface area contributed by atoms with Gasteiger partial charge in [0.15, 0.2) is 10.1 Å². The number of allylic oxidation sites excluding steroid dienone is 3. The number of methoxy groups -OCH3 is 3. The number of ketones is 1. The lowest BCUT2D eigenvalue weighted by molar-refractivity contribution is -0.116. The average Bonchev–Trinajstić information content (AvgIpc) is 3.48. The number of hydrogen-bond acceptors (Lipinski definition) is 12. The van der Waals surface area contributed by atoms with Crippen molar-refractivity contribution >= 4 is 57.2 Å². The van der Waals surface area contributed by atoms with E-state index in [9.17, 15) is 14.9 Å². The van der Waals surface area contributed by atoms with Gasteiger partial charge in [-0.15, -0.1) is 10.2 Å². The molecule has 2 heterocycles. The van der Waals surface area contributed by atoms with Gasteiger partial charge in [-0.25, -0.2) is 0 Å². The summed E-state index contributed by atoms with van der Waals surface area (Å²) in [6.45, 7) is 0. The van der Waals surface area contributed by atoms with Crippen molar-refractivity contribution < 1.29 is 23.8 Å². The second kappa shape index (κ2) is 12.9. The third kappa shape index (κ3) is 5.86. The van der Waals surface area contributed by atoms with E-state index in [4.69, 9.17) is 31.5 Å². The van der Waals surface area contributed by atoms with E-state index in [1.54, 1.807) is 30.2 Å². The van der Waals surface area contributed by atoms with Gasteiger partial charge in [-0.2, -0.15) is 5.26 Å². The van der Waals surface area contributed by atoms with E-state index in [-0.39, 0.29) is 28.8 Å². The number of carbonyl (C=O) groups is 2. The molecule has 14 heteroatoms. The number of anilines is 2. The molecule has 2 aliphatic rings. The van der Waals surface area contributed by atoms with Crippen LogP contribution >= 0.6 is 34.7 Å². The van der Waals surface area contributed by atoms with Crippen LogP contribution in [0.25, 0.3) is 0 Å².